The van der Waals surface area contributed by atoms with Gasteiger partial charge < -0.3 is 15.3 Å². The van der Waals surface area contributed by atoms with Crippen molar-refractivity contribution in [3.63, 3.8) is 0 Å². The van der Waals surface area contributed by atoms with Crippen LogP contribution in [0.4, 0.5) is 11.4 Å². The summed E-state index contributed by atoms with van der Waals surface area (Å²) in [6, 6.07) is 8.60. The maximum absolute atomic E-state index is 9.24. The van der Waals surface area contributed by atoms with Gasteiger partial charge in [-0.2, -0.15) is 0 Å². The van der Waals surface area contributed by atoms with E-state index in [0.717, 1.165) is 32.5 Å². The number of benzene rings is 1. The predicted octanol–water partition coefficient (Wildman–Crippen LogP) is 3.35. The van der Waals surface area contributed by atoms with E-state index in [1.165, 1.54) is 17.8 Å². The van der Waals surface area contributed by atoms with E-state index in [0.29, 0.717) is 18.4 Å². The Morgan fingerprint density at radius 1 is 1.30 bits per heavy atom. The first kappa shape index (κ1) is 15.2. The molecule has 1 unspecified atom stereocenters. The van der Waals surface area contributed by atoms with E-state index in [1.807, 2.05) is 0 Å². The fourth-order valence-electron chi connectivity index (χ4n) is 2.68. The largest absolute Gasteiger partial charge is 0.396 e. The molecular weight excluding hydrogens is 248 g/mol. The Labute approximate surface area is 123 Å². The van der Waals surface area contributed by atoms with Crippen molar-refractivity contribution in [2.45, 2.75) is 33.1 Å². The molecule has 0 amide bonds. The van der Waals surface area contributed by atoms with Gasteiger partial charge in [0.15, 0.2) is 0 Å². The van der Waals surface area contributed by atoms with E-state index >= 15 is 0 Å². The van der Waals surface area contributed by atoms with E-state index in [1.54, 1.807) is 0 Å². The summed E-state index contributed by atoms with van der Waals surface area (Å²) in [4.78, 5) is 2.45. The molecule has 1 fully saturated rings. The lowest BCUT2D eigenvalue weighted by atomic mass is 9.97. The third kappa shape index (κ3) is 3.89. The van der Waals surface area contributed by atoms with Gasteiger partial charge in [-0.3, -0.25) is 0 Å². The first-order valence-electron chi connectivity index (χ1n) is 7.93. The molecule has 1 heterocycles. The van der Waals surface area contributed by atoms with E-state index in [2.05, 4.69) is 48.3 Å². The van der Waals surface area contributed by atoms with Gasteiger partial charge in [-0.05, 0) is 36.8 Å². The third-order valence-electron chi connectivity index (χ3n) is 4.46. The Kier molecular flexibility index (Phi) is 5.72. The summed E-state index contributed by atoms with van der Waals surface area (Å²) in [5, 5.41) is 12.8. The minimum absolute atomic E-state index is 0.335. The Hall–Kier alpha value is -1.22. The molecule has 2 N–H and O–H groups in total. The maximum atomic E-state index is 9.24. The molecule has 112 valence electrons. The molecule has 1 aliphatic heterocycles. The highest BCUT2D eigenvalue weighted by atomic mass is 16.3. The second-order valence-corrected chi connectivity index (χ2v) is 6.02. The number of nitrogens with zero attached hydrogens (tertiary/aromatic N) is 1. The van der Waals surface area contributed by atoms with Crippen molar-refractivity contribution in [2.75, 3.05) is 36.5 Å². The fraction of sp³-hybridized carbons (Fsp3) is 0.647. The zero-order chi connectivity index (χ0) is 14.4. The zero-order valence-corrected chi connectivity index (χ0v) is 12.8. The molecule has 2 rings (SSSR count). The first-order valence-corrected chi connectivity index (χ1v) is 7.93. The summed E-state index contributed by atoms with van der Waals surface area (Å²) < 4.78 is 0. The lowest BCUT2D eigenvalue weighted by Gasteiger charge is -2.34. The van der Waals surface area contributed by atoms with Gasteiger partial charge in [0, 0.05) is 26.2 Å². The molecule has 0 bridgehead atoms. The zero-order valence-electron chi connectivity index (χ0n) is 12.8. The summed E-state index contributed by atoms with van der Waals surface area (Å²) in [7, 11) is 0. The van der Waals surface area contributed by atoms with Crippen molar-refractivity contribution in [3.05, 3.63) is 24.3 Å². The van der Waals surface area contributed by atoms with Gasteiger partial charge in [0.1, 0.15) is 0 Å². The topological polar surface area (TPSA) is 35.5 Å². The van der Waals surface area contributed by atoms with E-state index in [9.17, 15) is 5.11 Å². The number of piperidine rings is 1. The quantitative estimate of drug-likeness (QED) is 0.836. The molecule has 1 aromatic rings. The summed E-state index contributed by atoms with van der Waals surface area (Å²) in [5.41, 5.74) is 2.56. The average Bonchev–Trinajstić information content (AvgIpc) is 2.53. The van der Waals surface area contributed by atoms with E-state index < -0.39 is 0 Å². The standard InChI is InChI=1S/C17H28N2O/c1-3-14(2)12-18-16-6-4-5-7-17(16)19-10-8-15(13-20)9-11-19/h4-7,14-15,18,20H,3,8-13H2,1-2H3. The average molecular weight is 276 g/mol. The number of rotatable bonds is 6. The summed E-state index contributed by atoms with van der Waals surface area (Å²) in [6.45, 7) is 7.98. The molecule has 0 aromatic heterocycles. The Balaban J connectivity index is 2.00. The lowest BCUT2D eigenvalue weighted by Crippen LogP contribution is -2.35. The highest BCUT2D eigenvalue weighted by Gasteiger charge is 2.20. The van der Waals surface area contributed by atoms with Gasteiger partial charge in [-0.1, -0.05) is 32.4 Å². The number of para-hydroxylation sites is 2. The van der Waals surface area contributed by atoms with E-state index in [-0.39, 0.29) is 0 Å². The van der Waals surface area contributed by atoms with Crippen LogP contribution < -0.4 is 10.2 Å². The molecule has 1 aliphatic rings. The normalized spacial score (nSPS) is 18.1. The van der Waals surface area contributed by atoms with E-state index in [4.69, 9.17) is 0 Å². The molecule has 0 saturated carbocycles. The van der Waals surface area contributed by atoms with Crippen LogP contribution in [0.1, 0.15) is 33.1 Å². The van der Waals surface area contributed by atoms with Crippen LogP contribution in [0.3, 0.4) is 0 Å². The number of hydrogen-bond donors (Lipinski definition) is 2. The first-order chi connectivity index (χ1) is 9.74. The molecule has 3 nitrogen and oxygen atoms in total. The van der Waals surface area contributed by atoms with Crippen molar-refractivity contribution in [3.8, 4) is 0 Å². The van der Waals surface area contributed by atoms with Crippen LogP contribution in [0.15, 0.2) is 24.3 Å². The van der Waals surface area contributed by atoms with Gasteiger partial charge in [0.25, 0.3) is 0 Å². The minimum Gasteiger partial charge on any atom is -0.396 e. The van der Waals surface area contributed by atoms with Gasteiger partial charge in [-0.15, -0.1) is 0 Å². The second kappa shape index (κ2) is 7.53. The maximum Gasteiger partial charge on any atom is 0.0602 e. The lowest BCUT2D eigenvalue weighted by molar-refractivity contribution is 0.203. The summed E-state index contributed by atoms with van der Waals surface area (Å²) >= 11 is 0. The van der Waals surface area contributed by atoms with Crippen LogP contribution in [0.25, 0.3) is 0 Å². The predicted molar refractivity (Wildman–Crippen MR) is 86.4 cm³/mol. The summed E-state index contributed by atoms with van der Waals surface area (Å²) in [6.07, 6.45) is 3.39. The van der Waals surface area contributed by atoms with Gasteiger partial charge in [-0.25, -0.2) is 0 Å². The molecule has 1 saturated heterocycles. The Bertz CT molecular complexity index is 400. The van der Waals surface area contributed by atoms with Crippen molar-refractivity contribution in [1.82, 2.24) is 0 Å². The minimum atomic E-state index is 0.335. The second-order valence-electron chi connectivity index (χ2n) is 6.02. The smallest absolute Gasteiger partial charge is 0.0602 e. The molecule has 0 aliphatic carbocycles. The van der Waals surface area contributed by atoms with Crippen molar-refractivity contribution in [2.24, 2.45) is 11.8 Å². The molecule has 1 atom stereocenters. The van der Waals surface area contributed by atoms with Crippen LogP contribution in [0.5, 0.6) is 0 Å². The van der Waals surface area contributed by atoms with Crippen LogP contribution in [-0.2, 0) is 0 Å². The molecule has 20 heavy (non-hydrogen) atoms. The SMILES string of the molecule is CCC(C)CNc1ccccc1N1CCC(CO)CC1. The highest BCUT2D eigenvalue weighted by Crippen LogP contribution is 2.29. The third-order valence-corrected chi connectivity index (χ3v) is 4.46. The van der Waals surface area contributed by atoms with Gasteiger partial charge in [0.05, 0.1) is 11.4 Å². The van der Waals surface area contributed by atoms with Crippen molar-refractivity contribution in [1.29, 1.82) is 0 Å². The molecular formula is C17H28N2O. The van der Waals surface area contributed by atoms with Crippen LogP contribution in [-0.4, -0.2) is 31.3 Å². The molecule has 1 aromatic carbocycles. The van der Waals surface area contributed by atoms with Crippen molar-refractivity contribution < 1.29 is 5.11 Å². The molecule has 0 spiro atoms. The number of nitrogens with one attached hydrogen (secondary N) is 1. The van der Waals surface area contributed by atoms with Gasteiger partial charge in [0.2, 0.25) is 0 Å². The summed E-state index contributed by atoms with van der Waals surface area (Å²) in [5.74, 6) is 1.19. The monoisotopic (exact) mass is 276 g/mol. The number of hydrogen-bond acceptors (Lipinski definition) is 3. The molecule has 0 radical (unpaired) electrons. The van der Waals surface area contributed by atoms with Crippen LogP contribution in [0, 0.1) is 11.8 Å². The van der Waals surface area contributed by atoms with Crippen LogP contribution in [0.2, 0.25) is 0 Å². The van der Waals surface area contributed by atoms with Crippen molar-refractivity contribution >= 4 is 11.4 Å². The molecule has 3 heteroatoms. The highest BCUT2D eigenvalue weighted by molar-refractivity contribution is 5.70. The number of aliphatic hydroxyl groups is 1. The fourth-order valence-corrected chi connectivity index (χ4v) is 2.68. The Morgan fingerprint density at radius 3 is 2.65 bits per heavy atom. The number of anilines is 2. The number of aliphatic hydroxyl groups excluding tert-OH is 1. The van der Waals surface area contributed by atoms with Gasteiger partial charge >= 0.3 is 0 Å². The Morgan fingerprint density at radius 2 is 2.00 bits per heavy atom. The van der Waals surface area contributed by atoms with Crippen LogP contribution >= 0.6 is 0 Å².